The lowest BCUT2D eigenvalue weighted by Gasteiger charge is -2.15. The van der Waals surface area contributed by atoms with E-state index >= 15 is 0 Å². The number of rotatable bonds is 4. The molecule has 80 valence electrons. The number of hydrazone groups is 1. The lowest BCUT2D eigenvalue weighted by Crippen LogP contribution is -2.32. The lowest BCUT2D eigenvalue weighted by atomic mass is 10.0. The van der Waals surface area contributed by atoms with Crippen LogP contribution < -0.4 is 11.7 Å². The van der Waals surface area contributed by atoms with Crippen LogP contribution in [0, 0.1) is 5.92 Å². The molecule has 4 nitrogen and oxygen atoms in total. The monoisotopic (exact) mass is 196 g/mol. The average Bonchev–Trinajstić information content (AvgIpc) is 2.18. The van der Waals surface area contributed by atoms with Crippen LogP contribution in [-0.2, 0) is 0 Å². The zero-order chi connectivity index (χ0) is 11.1. The Morgan fingerprint density at radius 1 is 1.57 bits per heavy atom. The molecule has 0 aromatic rings. The normalized spacial score (nSPS) is 13.2. The summed E-state index contributed by atoms with van der Waals surface area (Å²) < 4.78 is 0. The SMILES string of the molecule is C=CN(N)C(/C=C(\CC)C(C)C)=N\N. The fourth-order valence-corrected chi connectivity index (χ4v) is 1.11. The molecule has 0 aliphatic heterocycles. The number of hydrazine groups is 1. The second-order valence-electron chi connectivity index (χ2n) is 3.30. The Balaban J connectivity index is 4.80. The quantitative estimate of drug-likeness (QED) is 0.310. The van der Waals surface area contributed by atoms with E-state index in [0.717, 1.165) is 6.42 Å². The van der Waals surface area contributed by atoms with Gasteiger partial charge in [0.05, 0.1) is 0 Å². The van der Waals surface area contributed by atoms with Gasteiger partial charge in [0, 0.05) is 6.20 Å². The van der Waals surface area contributed by atoms with Gasteiger partial charge in [-0.05, 0) is 18.4 Å². The topological polar surface area (TPSA) is 67.6 Å². The van der Waals surface area contributed by atoms with Crippen LogP contribution in [-0.4, -0.2) is 10.8 Å². The van der Waals surface area contributed by atoms with Crippen molar-refractivity contribution in [2.75, 3.05) is 0 Å². The Labute approximate surface area is 85.9 Å². The van der Waals surface area contributed by atoms with Gasteiger partial charge in [0.2, 0.25) is 0 Å². The van der Waals surface area contributed by atoms with Gasteiger partial charge in [0.1, 0.15) is 0 Å². The van der Waals surface area contributed by atoms with E-state index in [2.05, 4.69) is 32.5 Å². The minimum atomic E-state index is 0.468. The van der Waals surface area contributed by atoms with Gasteiger partial charge in [-0.15, -0.1) is 0 Å². The van der Waals surface area contributed by atoms with E-state index in [1.807, 2.05) is 6.08 Å². The van der Waals surface area contributed by atoms with Crippen LogP contribution >= 0.6 is 0 Å². The fraction of sp³-hybridized carbons (Fsp3) is 0.500. The molecule has 0 rings (SSSR count). The second kappa shape index (κ2) is 6.21. The van der Waals surface area contributed by atoms with Crippen LogP contribution in [0.2, 0.25) is 0 Å². The molecule has 0 aromatic heterocycles. The van der Waals surface area contributed by atoms with Crippen molar-refractivity contribution in [3.8, 4) is 0 Å². The first-order chi connectivity index (χ1) is 6.56. The summed E-state index contributed by atoms with van der Waals surface area (Å²) in [7, 11) is 0. The molecule has 0 aliphatic carbocycles. The Hall–Kier alpha value is -1.29. The van der Waals surface area contributed by atoms with Crippen molar-refractivity contribution < 1.29 is 0 Å². The summed E-state index contributed by atoms with van der Waals surface area (Å²) in [5.74, 6) is 11.8. The van der Waals surface area contributed by atoms with Crippen molar-refractivity contribution in [3.63, 3.8) is 0 Å². The molecule has 0 saturated heterocycles. The molecule has 14 heavy (non-hydrogen) atoms. The zero-order valence-electron chi connectivity index (χ0n) is 9.20. The molecule has 0 fully saturated rings. The van der Waals surface area contributed by atoms with Crippen LogP contribution in [0.15, 0.2) is 29.5 Å². The zero-order valence-corrected chi connectivity index (χ0v) is 9.20. The summed E-state index contributed by atoms with van der Waals surface area (Å²) in [5.41, 5.74) is 1.26. The Bertz CT molecular complexity index is 241. The van der Waals surface area contributed by atoms with Crippen LogP contribution in [0.5, 0.6) is 0 Å². The van der Waals surface area contributed by atoms with Gasteiger partial charge in [0.25, 0.3) is 0 Å². The van der Waals surface area contributed by atoms with E-state index in [1.54, 1.807) is 0 Å². The summed E-state index contributed by atoms with van der Waals surface area (Å²) in [6.45, 7) is 9.88. The third kappa shape index (κ3) is 3.62. The van der Waals surface area contributed by atoms with Gasteiger partial charge in [-0.2, -0.15) is 5.10 Å². The number of nitrogens with two attached hydrogens (primary N) is 2. The highest BCUT2D eigenvalue weighted by Crippen LogP contribution is 2.13. The van der Waals surface area contributed by atoms with Crippen molar-refractivity contribution in [2.45, 2.75) is 27.2 Å². The summed E-state index contributed by atoms with van der Waals surface area (Å²) in [6, 6.07) is 0. The van der Waals surface area contributed by atoms with Crippen molar-refractivity contribution >= 4 is 5.84 Å². The standard InChI is InChI=1S/C10H20N4/c1-5-9(8(3)4)7-10(13-11)14(12)6-2/h6-8H,2,5,11-12H2,1,3-4H3/b9-7+,13-10-. The first-order valence-electron chi connectivity index (χ1n) is 4.71. The van der Waals surface area contributed by atoms with E-state index < -0.39 is 0 Å². The fourth-order valence-electron chi connectivity index (χ4n) is 1.11. The molecule has 0 bridgehead atoms. The predicted octanol–water partition coefficient (Wildman–Crippen LogP) is 1.57. The van der Waals surface area contributed by atoms with Gasteiger partial charge in [-0.25, -0.2) is 5.84 Å². The van der Waals surface area contributed by atoms with Crippen molar-refractivity contribution in [1.29, 1.82) is 0 Å². The van der Waals surface area contributed by atoms with Crippen molar-refractivity contribution in [2.24, 2.45) is 22.7 Å². The molecule has 0 spiro atoms. The molecule has 0 heterocycles. The maximum absolute atomic E-state index is 5.59. The molecule has 4 heteroatoms. The summed E-state index contributed by atoms with van der Waals surface area (Å²) in [6.07, 6.45) is 4.32. The van der Waals surface area contributed by atoms with E-state index in [1.165, 1.54) is 16.8 Å². The highest BCUT2D eigenvalue weighted by molar-refractivity contribution is 5.93. The lowest BCUT2D eigenvalue weighted by molar-refractivity contribution is 0.596. The van der Waals surface area contributed by atoms with E-state index in [-0.39, 0.29) is 0 Å². The number of amidine groups is 1. The first-order valence-corrected chi connectivity index (χ1v) is 4.71. The summed E-state index contributed by atoms with van der Waals surface area (Å²) >= 11 is 0. The number of nitrogens with zero attached hydrogens (tertiary/aromatic N) is 2. The van der Waals surface area contributed by atoms with Crippen LogP contribution in [0.3, 0.4) is 0 Å². The third-order valence-corrected chi connectivity index (χ3v) is 2.06. The number of allylic oxidation sites excluding steroid dienone is 1. The summed E-state index contributed by atoms with van der Waals surface area (Å²) in [4.78, 5) is 0. The van der Waals surface area contributed by atoms with Gasteiger partial charge < -0.3 is 5.84 Å². The molecule has 0 radical (unpaired) electrons. The summed E-state index contributed by atoms with van der Waals surface area (Å²) in [5, 5.41) is 4.90. The third-order valence-electron chi connectivity index (χ3n) is 2.06. The van der Waals surface area contributed by atoms with Crippen LogP contribution in [0.4, 0.5) is 0 Å². The van der Waals surface area contributed by atoms with Crippen LogP contribution in [0.1, 0.15) is 27.2 Å². The first kappa shape index (κ1) is 12.7. The molecular formula is C10H20N4. The van der Waals surface area contributed by atoms with Crippen LogP contribution in [0.25, 0.3) is 0 Å². The number of hydrogen-bond acceptors (Lipinski definition) is 3. The van der Waals surface area contributed by atoms with E-state index in [9.17, 15) is 0 Å². The smallest absolute Gasteiger partial charge is 0.166 e. The van der Waals surface area contributed by atoms with Gasteiger partial charge >= 0.3 is 0 Å². The van der Waals surface area contributed by atoms with Crippen molar-refractivity contribution in [3.05, 3.63) is 24.4 Å². The molecule has 0 aliphatic rings. The molecule has 0 aromatic carbocycles. The maximum atomic E-state index is 5.59. The van der Waals surface area contributed by atoms with Gasteiger partial charge in [-0.3, -0.25) is 5.01 Å². The second-order valence-corrected chi connectivity index (χ2v) is 3.30. The largest absolute Gasteiger partial charge is 0.321 e. The highest BCUT2D eigenvalue weighted by atomic mass is 15.4. The van der Waals surface area contributed by atoms with Crippen molar-refractivity contribution in [1.82, 2.24) is 5.01 Å². The maximum Gasteiger partial charge on any atom is 0.166 e. The van der Waals surface area contributed by atoms with Gasteiger partial charge in [0.15, 0.2) is 5.84 Å². The minimum Gasteiger partial charge on any atom is -0.321 e. The Kier molecular flexibility index (Phi) is 5.64. The molecule has 0 amide bonds. The van der Waals surface area contributed by atoms with Gasteiger partial charge in [-0.1, -0.05) is 32.9 Å². The minimum absolute atomic E-state index is 0.468. The molecule has 0 atom stereocenters. The Morgan fingerprint density at radius 2 is 2.14 bits per heavy atom. The van der Waals surface area contributed by atoms with E-state index in [4.69, 9.17) is 11.7 Å². The molecule has 0 unspecified atom stereocenters. The molecule has 0 saturated carbocycles. The van der Waals surface area contributed by atoms with E-state index in [0.29, 0.717) is 11.8 Å². The average molecular weight is 196 g/mol. The molecular weight excluding hydrogens is 176 g/mol. The highest BCUT2D eigenvalue weighted by Gasteiger charge is 2.05. The molecule has 4 N–H and O–H groups in total. The Morgan fingerprint density at radius 3 is 2.43 bits per heavy atom. The number of hydrogen-bond donors (Lipinski definition) is 2. The predicted molar refractivity (Wildman–Crippen MR) is 61.1 cm³/mol.